The molecule has 5 heteroatoms. The molecule has 0 spiro atoms. The van der Waals surface area contributed by atoms with Crippen molar-refractivity contribution in [2.45, 2.75) is 33.4 Å². The second-order valence-corrected chi connectivity index (χ2v) is 4.76. The van der Waals surface area contributed by atoms with Crippen LogP contribution in [0.3, 0.4) is 0 Å². The lowest BCUT2D eigenvalue weighted by atomic mass is 10.1. The Hall–Kier alpha value is -0.580. The molecular formula is C11H20ClN3O. The molecule has 0 saturated carbocycles. The highest BCUT2D eigenvalue weighted by atomic mass is 35.5. The minimum atomic E-state index is 0.0891. The van der Waals surface area contributed by atoms with E-state index in [1.807, 2.05) is 14.0 Å². The van der Waals surface area contributed by atoms with Gasteiger partial charge < -0.3 is 10.4 Å². The zero-order valence-electron chi connectivity index (χ0n) is 10.3. The molecule has 0 aliphatic carbocycles. The van der Waals surface area contributed by atoms with E-state index in [0.717, 1.165) is 11.4 Å². The fraction of sp³-hybridized carbons (Fsp3) is 0.727. The van der Waals surface area contributed by atoms with Crippen molar-refractivity contribution >= 4 is 11.6 Å². The summed E-state index contributed by atoms with van der Waals surface area (Å²) in [7, 11) is 1.87. The average Bonchev–Trinajstić information content (AvgIpc) is 2.44. The number of aryl methyl sites for hydroxylation is 2. The molecule has 1 atom stereocenters. The summed E-state index contributed by atoms with van der Waals surface area (Å²) in [5.74, 6) is 0.387. The van der Waals surface area contributed by atoms with Gasteiger partial charge >= 0.3 is 0 Å². The Balaban J connectivity index is 2.67. The predicted molar refractivity (Wildman–Crippen MR) is 65.5 cm³/mol. The number of halogens is 1. The summed E-state index contributed by atoms with van der Waals surface area (Å²) in [4.78, 5) is 0. The summed E-state index contributed by atoms with van der Waals surface area (Å²) in [6.45, 7) is 6.79. The Morgan fingerprint density at radius 3 is 2.50 bits per heavy atom. The highest BCUT2D eigenvalue weighted by molar-refractivity contribution is 6.31. The first kappa shape index (κ1) is 13.5. The van der Waals surface area contributed by atoms with E-state index in [1.165, 1.54) is 0 Å². The van der Waals surface area contributed by atoms with Crippen LogP contribution >= 0.6 is 11.6 Å². The van der Waals surface area contributed by atoms with Gasteiger partial charge in [-0.15, -0.1) is 0 Å². The summed E-state index contributed by atoms with van der Waals surface area (Å²) < 4.78 is 1.78. The molecule has 1 unspecified atom stereocenters. The van der Waals surface area contributed by atoms with Crippen LogP contribution in [0.25, 0.3) is 0 Å². The minimum absolute atomic E-state index is 0.0891. The van der Waals surface area contributed by atoms with E-state index in [0.29, 0.717) is 17.5 Å². The average molecular weight is 246 g/mol. The number of hydrogen-bond donors (Lipinski definition) is 2. The van der Waals surface area contributed by atoms with Crippen molar-refractivity contribution in [1.82, 2.24) is 15.1 Å². The van der Waals surface area contributed by atoms with Gasteiger partial charge in [0.25, 0.3) is 0 Å². The van der Waals surface area contributed by atoms with Gasteiger partial charge in [-0.25, -0.2) is 0 Å². The quantitative estimate of drug-likeness (QED) is 0.827. The van der Waals surface area contributed by atoms with Crippen LogP contribution in [0.15, 0.2) is 0 Å². The van der Waals surface area contributed by atoms with Crippen molar-refractivity contribution in [2.24, 2.45) is 13.0 Å². The van der Waals surface area contributed by atoms with Crippen molar-refractivity contribution in [3.63, 3.8) is 0 Å². The monoisotopic (exact) mass is 245 g/mol. The molecule has 0 aliphatic rings. The summed E-state index contributed by atoms with van der Waals surface area (Å²) in [6.07, 6.45) is 0. The van der Waals surface area contributed by atoms with Crippen LogP contribution in [0.5, 0.6) is 0 Å². The van der Waals surface area contributed by atoms with E-state index in [9.17, 15) is 5.11 Å². The number of rotatable bonds is 5. The first-order chi connectivity index (χ1) is 7.47. The maximum Gasteiger partial charge on any atom is 0.0860 e. The van der Waals surface area contributed by atoms with Gasteiger partial charge in [0.15, 0.2) is 0 Å². The Morgan fingerprint density at radius 1 is 1.50 bits per heavy atom. The van der Waals surface area contributed by atoms with Crippen molar-refractivity contribution in [2.75, 3.05) is 6.61 Å². The lowest BCUT2D eigenvalue weighted by Crippen LogP contribution is -2.37. The van der Waals surface area contributed by atoms with Crippen LogP contribution in [0.4, 0.5) is 0 Å². The number of hydrogen-bond acceptors (Lipinski definition) is 3. The molecule has 0 aliphatic heterocycles. The number of nitrogens with zero attached hydrogens (tertiary/aromatic N) is 2. The smallest absolute Gasteiger partial charge is 0.0860 e. The molecule has 92 valence electrons. The Labute approximate surface area is 102 Å². The lowest BCUT2D eigenvalue weighted by Gasteiger charge is -2.20. The van der Waals surface area contributed by atoms with Gasteiger partial charge in [-0.1, -0.05) is 25.4 Å². The molecule has 1 aromatic rings. The van der Waals surface area contributed by atoms with E-state index >= 15 is 0 Å². The third kappa shape index (κ3) is 2.97. The highest BCUT2D eigenvalue weighted by Gasteiger charge is 2.15. The normalized spacial score (nSPS) is 13.4. The summed E-state index contributed by atoms with van der Waals surface area (Å²) >= 11 is 6.13. The second-order valence-electron chi connectivity index (χ2n) is 4.38. The predicted octanol–water partition coefficient (Wildman–Crippen LogP) is 1.49. The molecule has 0 radical (unpaired) electrons. The van der Waals surface area contributed by atoms with Gasteiger partial charge in [0.1, 0.15) is 0 Å². The first-order valence-corrected chi connectivity index (χ1v) is 5.87. The Morgan fingerprint density at radius 2 is 2.12 bits per heavy atom. The van der Waals surface area contributed by atoms with E-state index < -0.39 is 0 Å². The Kier molecular flexibility index (Phi) is 4.77. The first-order valence-electron chi connectivity index (χ1n) is 5.49. The van der Waals surface area contributed by atoms with Gasteiger partial charge in [0.2, 0.25) is 0 Å². The maximum absolute atomic E-state index is 9.20. The van der Waals surface area contributed by atoms with E-state index in [-0.39, 0.29) is 12.6 Å². The molecule has 1 heterocycles. The standard InChI is InChI=1S/C11H20ClN3O/c1-7(2)9(6-16)13-5-10-11(12)8(3)14-15(10)4/h7,9,13,16H,5-6H2,1-4H3. The fourth-order valence-electron chi connectivity index (χ4n) is 1.61. The largest absolute Gasteiger partial charge is 0.395 e. The summed E-state index contributed by atoms with van der Waals surface area (Å²) in [5, 5.41) is 17.4. The van der Waals surface area contributed by atoms with Crippen molar-refractivity contribution in [3.05, 3.63) is 16.4 Å². The van der Waals surface area contributed by atoms with Crippen LogP contribution in [-0.4, -0.2) is 27.5 Å². The van der Waals surface area contributed by atoms with Gasteiger partial charge in [0, 0.05) is 19.6 Å². The molecule has 0 aromatic carbocycles. The van der Waals surface area contributed by atoms with Crippen molar-refractivity contribution in [1.29, 1.82) is 0 Å². The topological polar surface area (TPSA) is 50.1 Å². The van der Waals surface area contributed by atoms with Gasteiger partial charge in [-0.2, -0.15) is 5.10 Å². The third-order valence-corrected chi connectivity index (χ3v) is 3.29. The molecule has 0 amide bonds. The number of aliphatic hydroxyl groups is 1. The van der Waals surface area contributed by atoms with Crippen LogP contribution < -0.4 is 5.32 Å². The second kappa shape index (κ2) is 5.66. The molecular weight excluding hydrogens is 226 g/mol. The fourth-order valence-corrected chi connectivity index (χ4v) is 1.84. The van der Waals surface area contributed by atoms with E-state index in [2.05, 4.69) is 24.3 Å². The third-order valence-electron chi connectivity index (χ3n) is 2.79. The van der Waals surface area contributed by atoms with Crippen LogP contribution in [0, 0.1) is 12.8 Å². The molecule has 16 heavy (non-hydrogen) atoms. The molecule has 0 saturated heterocycles. The van der Waals surface area contributed by atoms with Gasteiger partial charge in [-0.05, 0) is 12.8 Å². The molecule has 2 N–H and O–H groups in total. The molecule has 4 nitrogen and oxygen atoms in total. The highest BCUT2D eigenvalue weighted by Crippen LogP contribution is 2.19. The zero-order chi connectivity index (χ0) is 12.3. The van der Waals surface area contributed by atoms with E-state index in [1.54, 1.807) is 4.68 Å². The van der Waals surface area contributed by atoms with Gasteiger partial charge in [-0.3, -0.25) is 4.68 Å². The SMILES string of the molecule is Cc1nn(C)c(CNC(CO)C(C)C)c1Cl. The summed E-state index contributed by atoms with van der Waals surface area (Å²) in [6, 6.07) is 0.0891. The Bertz CT molecular complexity index is 349. The lowest BCUT2D eigenvalue weighted by molar-refractivity contribution is 0.209. The van der Waals surface area contributed by atoms with Crippen LogP contribution in [-0.2, 0) is 13.6 Å². The van der Waals surface area contributed by atoms with Crippen LogP contribution in [0.2, 0.25) is 5.02 Å². The molecule has 0 bridgehead atoms. The number of aliphatic hydroxyl groups excluding tert-OH is 1. The van der Waals surface area contributed by atoms with Crippen molar-refractivity contribution < 1.29 is 5.11 Å². The molecule has 0 fully saturated rings. The van der Waals surface area contributed by atoms with Gasteiger partial charge in [0.05, 0.1) is 23.0 Å². The molecule has 1 rings (SSSR count). The maximum atomic E-state index is 9.20. The van der Waals surface area contributed by atoms with Crippen LogP contribution in [0.1, 0.15) is 25.2 Å². The zero-order valence-corrected chi connectivity index (χ0v) is 11.0. The number of aromatic nitrogens is 2. The van der Waals surface area contributed by atoms with Crippen molar-refractivity contribution in [3.8, 4) is 0 Å². The number of nitrogens with one attached hydrogen (secondary N) is 1. The molecule has 1 aromatic heterocycles. The summed E-state index contributed by atoms with van der Waals surface area (Å²) in [5.41, 5.74) is 1.80. The van der Waals surface area contributed by atoms with E-state index in [4.69, 9.17) is 11.6 Å². The minimum Gasteiger partial charge on any atom is -0.395 e.